The molecular formula is C18H20N6O3. The molecule has 140 valence electrons. The number of ether oxygens (including phenoxy) is 2. The van der Waals surface area contributed by atoms with Gasteiger partial charge in [0.05, 0.1) is 14.2 Å². The van der Waals surface area contributed by atoms with Gasteiger partial charge in [0.1, 0.15) is 17.3 Å². The molecular weight excluding hydrogens is 348 g/mol. The summed E-state index contributed by atoms with van der Waals surface area (Å²) >= 11 is 0. The van der Waals surface area contributed by atoms with Crippen LogP contribution in [0.15, 0.2) is 48.8 Å². The van der Waals surface area contributed by atoms with E-state index >= 15 is 0 Å². The van der Waals surface area contributed by atoms with Gasteiger partial charge in [0.2, 0.25) is 0 Å². The molecule has 9 nitrogen and oxygen atoms in total. The molecule has 0 aliphatic heterocycles. The summed E-state index contributed by atoms with van der Waals surface area (Å²) < 4.78 is 12.0. The number of nitrogens with one attached hydrogen (secondary N) is 2. The number of aromatic nitrogens is 4. The maximum Gasteiger partial charge on any atom is 0.251 e. The van der Waals surface area contributed by atoms with Gasteiger partial charge in [-0.3, -0.25) is 4.79 Å². The zero-order valence-corrected chi connectivity index (χ0v) is 15.0. The maximum atomic E-state index is 12.3. The smallest absolute Gasteiger partial charge is 0.251 e. The molecule has 0 radical (unpaired) electrons. The molecule has 3 rings (SSSR count). The minimum absolute atomic E-state index is 0.214. The standard InChI is InChI=1S/C18H20N6O3/c1-26-14-10-13(11-15(12-14)27-2)18(25)20-8-7-19-16-4-5-17(23-22-16)24-9-3-6-21-24/h3-6,9-12H,7-8H2,1-2H3,(H,19,22)(H,20,25). The van der Waals surface area contributed by atoms with E-state index in [1.165, 1.54) is 0 Å². The summed E-state index contributed by atoms with van der Waals surface area (Å²) in [6, 6.07) is 10.5. The predicted molar refractivity (Wildman–Crippen MR) is 99.5 cm³/mol. The van der Waals surface area contributed by atoms with Crippen LogP contribution in [0.2, 0.25) is 0 Å². The Balaban J connectivity index is 1.49. The molecule has 1 amide bonds. The second-order valence-corrected chi connectivity index (χ2v) is 5.51. The lowest BCUT2D eigenvalue weighted by Gasteiger charge is -2.10. The molecule has 0 fully saturated rings. The van der Waals surface area contributed by atoms with Gasteiger partial charge < -0.3 is 20.1 Å². The lowest BCUT2D eigenvalue weighted by atomic mass is 10.2. The summed E-state index contributed by atoms with van der Waals surface area (Å²) in [4.78, 5) is 12.3. The SMILES string of the molecule is COc1cc(OC)cc(C(=O)NCCNc2ccc(-n3cccn3)nn2)c1. The average molecular weight is 368 g/mol. The van der Waals surface area contributed by atoms with Gasteiger partial charge in [-0.05, 0) is 30.3 Å². The largest absolute Gasteiger partial charge is 0.497 e. The molecule has 2 N–H and O–H groups in total. The first-order valence-corrected chi connectivity index (χ1v) is 8.28. The summed E-state index contributed by atoms with van der Waals surface area (Å²) in [7, 11) is 3.08. The number of methoxy groups -OCH3 is 2. The van der Waals surface area contributed by atoms with Crippen molar-refractivity contribution in [1.82, 2.24) is 25.3 Å². The van der Waals surface area contributed by atoms with E-state index in [-0.39, 0.29) is 5.91 Å². The van der Waals surface area contributed by atoms with Crippen molar-refractivity contribution < 1.29 is 14.3 Å². The van der Waals surface area contributed by atoms with E-state index in [1.807, 2.05) is 12.1 Å². The molecule has 0 saturated carbocycles. The third-order valence-corrected chi connectivity index (χ3v) is 3.72. The van der Waals surface area contributed by atoms with E-state index in [0.29, 0.717) is 41.8 Å². The van der Waals surface area contributed by atoms with Crippen LogP contribution in [0.25, 0.3) is 5.82 Å². The molecule has 0 bridgehead atoms. The number of carbonyl (C=O) groups is 1. The number of anilines is 1. The second kappa shape index (κ2) is 8.65. The molecule has 0 aliphatic rings. The molecule has 3 aromatic rings. The van der Waals surface area contributed by atoms with Crippen molar-refractivity contribution in [3.63, 3.8) is 0 Å². The van der Waals surface area contributed by atoms with Crippen LogP contribution >= 0.6 is 0 Å². The maximum absolute atomic E-state index is 12.3. The van der Waals surface area contributed by atoms with Gasteiger partial charge in [0.25, 0.3) is 5.91 Å². The fourth-order valence-electron chi connectivity index (χ4n) is 2.35. The van der Waals surface area contributed by atoms with Crippen LogP contribution in [0.3, 0.4) is 0 Å². The van der Waals surface area contributed by atoms with Crippen molar-refractivity contribution in [3.8, 4) is 17.3 Å². The Kier molecular flexibility index (Phi) is 5.83. The van der Waals surface area contributed by atoms with E-state index in [1.54, 1.807) is 55.6 Å². The summed E-state index contributed by atoms with van der Waals surface area (Å²) in [6.07, 6.45) is 3.47. The molecule has 2 heterocycles. The minimum Gasteiger partial charge on any atom is -0.497 e. The van der Waals surface area contributed by atoms with Crippen molar-refractivity contribution in [3.05, 3.63) is 54.4 Å². The number of amides is 1. The van der Waals surface area contributed by atoms with Crippen LogP contribution in [-0.2, 0) is 0 Å². The van der Waals surface area contributed by atoms with E-state index in [0.717, 1.165) is 0 Å². The number of benzene rings is 1. The number of nitrogens with zero attached hydrogens (tertiary/aromatic N) is 4. The molecule has 9 heteroatoms. The van der Waals surface area contributed by atoms with Gasteiger partial charge in [-0.1, -0.05) is 0 Å². The number of hydrogen-bond acceptors (Lipinski definition) is 7. The van der Waals surface area contributed by atoms with Crippen LogP contribution in [0.1, 0.15) is 10.4 Å². The second-order valence-electron chi connectivity index (χ2n) is 5.51. The van der Waals surface area contributed by atoms with E-state index in [2.05, 4.69) is 25.9 Å². The highest BCUT2D eigenvalue weighted by Crippen LogP contribution is 2.22. The van der Waals surface area contributed by atoms with Crippen LogP contribution in [0, 0.1) is 0 Å². The first-order chi connectivity index (χ1) is 13.2. The first kappa shape index (κ1) is 18.2. The fourth-order valence-corrected chi connectivity index (χ4v) is 2.35. The molecule has 27 heavy (non-hydrogen) atoms. The topological polar surface area (TPSA) is 103 Å². The highest BCUT2D eigenvalue weighted by Gasteiger charge is 2.09. The third kappa shape index (κ3) is 4.72. The summed E-state index contributed by atoms with van der Waals surface area (Å²) in [6.45, 7) is 0.920. The summed E-state index contributed by atoms with van der Waals surface area (Å²) in [5.74, 6) is 2.15. The van der Waals surface area contributed by atoms with Crippen molar-refractivity contribution in [2.75, 3.05) is 32.6 Å². The molecule has 0 spiro atoms. The molecule has 0 atom stereocenters. The Bertz CT molecular complexity index is 858. The Morgan fingerprint density at radius 2 is 1.85 bits per heavy atom. The number of carbonyl (C=O) groups excluding carboxylic acids is 1. The van der Waals surface area contributed by atoms with E-state index in [9.17, 15) is 4.79 Å². The van der Waals surface area contributed by atoms with Crippen molar-refractivity contribution in [2.24, 2.45) is 0 Å². The molecule has 1 aromatic carbocycles. The highest BCUT2D eigenvalue weighted by molar-refractivity contribution is 5.95. The van der Waals surface area contributed by atoms with Gasteiger partial charge in [0.15, 0.2) is 5.82 Å². The number of rotatable bonds is 8. The lowest BCUT2D eigenvalue weighted by molar-refractivity contribution is 0.0954. The predicted octanol–water partition coefficient (Wildman–Crippen LogP) is 1.52. The number of hydrogen-bond donors (Lipinski definition) is 2. The van der Waals surface area contributed by atoms with Gasteiger partial charge >= 0.3 is 0 Å². The van der Waals surface area contributed by atoms with Crippen LogP contribution in [0.5, 0.6) is 11.5 Å². The molecule has 0 saturated heterocycles. The Morgan fingerprint density at radius 1 is 1.07 bits per heavy atom. The monoisotopic (exact) mass is 368 g/mol. The quantitative estimate of drug-likeness (QED) is 0.581. The van der Waals surface area contributed by atoms with Crippen LogP contribution < -0.4 is 20.1 Å². The van der Waals surface area contributed by atoms with E-state index < -0.39 is 0 Å². The van der Waals surface area contributed by atoms with Gasteiger partial charge in [-0.2, -0.15) is 5.10 Å². The molecule has 2 aromatic heterocycles. The van der Waals surface area contributed by atoms with Crippen molar-refractivity contribution >= 4 is 11.7 Å². The van der Waals surface area contributed by atoms with Crippen molar-refractivity contribution in [2.45, 2.75) is 0 Å². The zero-order valence-electron chi connectivity index (χ0n) is 15.0. The van der Waals surface area contributed by atoms with Crippen LogP contribution in [0.4, 0.5) is 5.82 Å². The summed E-state index contributed by atoms with van der Waals surface area (Å²) in [5.41, 5.74) is 0.467. The van der Waals surface area contributed by atoms with E-state index in [4.69, 9.17) is 9.47 Å². The van der Waals surface area contributed by atoms with Crippen molar-refractivity contribution in [1.29, 1.82) is 0 Å². The average Bonchev–Trinajstić information content (AvgIpc) is 3.26. The molecule has 0 aliphatic carbocycles. The lowest BCUT2D eigenvalue weighted by Crippen LogP contribution is -2.29. The Morgan fingerprint density at radius 3 is 2.44 bits per heavy atom. The van der Waals surface area contributed by atoms with Gasteiger partial charge in [-0.25, -0.2) is 4.68 Å². The first-order valence-electron chi connectivity index (χ1n) is 8.28. The minimum atomic E-state index is -0.214. The zero-order chi connectivity index (χ0) is 19.1. The van der Waals surface area contributed by atoms with Gasteiger partial charge in [0, 0.05) is 37.1 Å². The molecule has 0 unspecified atom stereocenters. The Hall–Kier alpha value is -3.62. The highest BCUT2D eigenvalue weighted by atomic mass is 16.5. The fraction of sp³-hybridized carbons (Fsp3) is 0.222. The van der Waals surface area contributed by atoms with Crippen LogP contribution in [-0.4, -0.2) is 53.2 Å². The summed E-state index contributed by atoms with van der Waals surface area (Å²) in [5, 5.41) is 18.2. The Labute approximate surface area is 156 Å². The normalized spacial score (nSPS) is 10.3. The third-order valence-electron chi connectivity index (χ3n) is 3.72. The van der Waals surface area contributed by atoms with Gasteiger partial charge in [-0.15, -0.1) is 10.2 Å².